The zero-order chi connectivity index (χ0) is 18.7. The molecule has 2 aliphatic rings. The highest BCUT2D eigenvalue weighted by Crippen LogP contribution is 2.32. The van der Waals surface area contributed by atoms with Crippen LogP contribution in [0.5, 0.6) is 11.5 Å². The first-order valence-electron chi connectivity index (χ1n) is 9.87. The Hall–Kier alpha value is -1.26. The summed E-state index contributed by atoms with van der Waals surface area (Å²) in [5.41, 5.74) is 0.910. The fourth-order valence-corrected chi connectivity index (χ4v) is 2.68. The Bertz CT molecular complexity index is 611. The van der Waals surface area contributed by atoms with Crippen molar-refractivity contribution in [3.63, 3.8) is 0 Å². The number of hydrogen-bond donors (Lipinski definition) is 2. The molecule has 0 aromatic heterocycles. The van der Waals surface area contributed by atoms with Crippen molar-refractivity contribution in [2.24, 2.45) is 10.9 Å². The van der Waals surface area contributed by atoms with Crippen molar-refractivity contribution in [2.45, 2.75) is 25.7 Å². The normalized spacial score (nSPS) is 16.1. The number of fused-ring (bicyclic) bond motifs is 1. The largest absolute Gasteiger partial charge is 0.490 e. The minimum Gasteiger partial charge on any atom is -0.490 e. The maximum Gasteiger partial charge on any atom is 0.195 e. The molecule has 1 aromatic rings. The van der Waals surface area contributed by atoms with Gasteiger partial charge in [0.2, 0.25) is 0 Å². The van der Waals surface area contributed by atoms with Gasteiger partial charge in [-0.3, -0.25) is 4.99 Å². The lowest BCUT2D eigenvalue weighted by molar-refractivity contribution is 0.123. The third-order valence-corrected chi connectivity index (χ3v) is 4.38. The molecule has 0 atom stereocenters. The van der Waals surface area contributed by atoms with Crippen molar-refractivity contribution in [3.8, 4) is 11.5 Å². The van der Waals surface area contributed by atoms with Gasteiger partial charge in [-0.15, -0.1) is 24.0 Å². The van der Waals surface area contributed by atoms with Crippen LogP contribution in [-0.2, 0) is 9.47 Å². The Morgan fingerprint density at radius 2 is 2.00 bits per heavy atom. The van der Waals surface area contributed by atoms with Gasteiger partial charge in [-0.2, -0.15) is 0 Å². The number of halogens is 1. The lowest BCUT2D eigenvalue weighted by Gasteiger charge is -2.14. The summed E-state index contributed by atoms with van der Waals surface area (Å²) in [7, 11) is 1.69. The molecule has 28 heavy (non-hydrogen) atoms. The Morgan fingerprint density at radius 1 is 1.18 bits per heavy atom. The first-order valence-corrected chi connectivity index (χ1v) is 9.87. The SMILES string of the molecule is COCCNC(=NCCCOCC1CC1)Nc1ccc2c(c1)OCCCO2.I. The highest BCUT2D eigenvalue weighted by molar-refractivity contribution is 14.0. The summed E-state index contributed by atoms with van der Waals surface area (Å²) in [4.78, 5) is 4.64. The molecular formula is C20H32IN3O4. The van der Waals surface area contributed by atoms with E-state index in [4.69, 9.17) is 18.9 Å². The van der Waals surface area contributed by atoms with Gasteiger partial charge in [-0.25, -0.2) is 0 Å². The Balaban J connectivity index is 0.00000280. The molecule has 0 saturated heterocycles. The smallest absolute Gasteiger partial charge is 0.195 e. The Labute approximate surface area is 184 Å². The van der Waals surface area contributed by atoms with E-state index >= 15 is 0 Å². The first kappa shape index (κ1) is 23.0. The minimum atomic E-state index is 0. The van der Waals surface area contributed by atoms with Gasteiger partial charge >= 0.3 is 0 Å². The molecule has 7 nitrogen and oxygen atoms in total. The topological polar surface area (TPSA) is 73.3 Å². The maximum absolute atomic E-state index is 5.76. The number of aliphatic imine (C=N–C) groups is 1. The van der Waals surface area contributed by atoms with Crippen molar-refractivity contribution >= 4 is 35.6 Å². The second-order valence-corrected chi connectivity index (χ2v) is 6.86. The molecular weight excluding hydrogens is 473 g/mol. The van der Waals surface area contributed by atoms with E-state index in [1.54, 1.807) is 7.11 Å². The number of rotatable bonds is 10. The molecule has 158 valence electrons. The van der Waals surface area contributed by atoms with Crippen LogP contribution in [0.2, 0.25) is 0 Å². The lowest BCUT2D eigenvalue weighted by atomic mass is 10.3. The number of hydrogen-bond acceptors (Lipinski definition) is 5. The van der Waals surface area contributed by atoms with Gasteiger partial charge < -0.3 is 29.6 Å². The van der Waals surface area contributed by atoms with Gasteiger partial charge in [0.1, 0.15) is 0 Å². The number of anilines is 1. The fourth-order valence-electron chi connectivity index (χ4n) is 2.68. The standard InChI is InChI=1S/C20H31N3O4.HI/c1-24-13-9-22-20(21-8-2-10-25-15-16-4-5-16)23-17-6-7-18-19(14-17)27-12-3-11-26-18;/h6-7,14,16H,2-5,8-13,15H2,1H3,(H2,21,22,23);1H. The number of benzene rings is 1. The van der Waals surface area contributed by atoms with Crippen LogP contribution in [0.1, 0.15) is 25.7 Å². The number of ether oxygens (including phenoxy) is 4. The van der Waals surface area contributed by atoms with E-state index in [1.165, 1.54) is 12.8 Å². The molecule has 1 fully saturated rings. The van der Waals surface area contributed by atoms with E-state index in [1.807, 2.05) is 18.2 Å². The van der Waals surface area contributed by atoms with Crippen LogP contribution in [0.25, 0.3) is 0 Å². The van der Waals surface area contributed by atoms with Crippen LogP contribution in [-0.4, -0.2) is 59.2 Å². The summed E-state index contributed by atoms with van der Waals surface area (Å²) < 4.78 is 22.2. The zero-order valence-corrected chi connectivity index (χ0v) is 18.9. The van der Waals surface area contributed by atoms with Gasteiger partial charge in [-0.1, -0.05) is 0 Å². The van der Waals surface area contributed by atoms with E-state index < -0.39 is 0 Å². The van der Waals surface area contributed by atoms with Gasteiger partial charge in [0.15, 0.2) is 17.5 Å². The summed E-state index contributed by atoms with van der Waals surface area (Å²) in [6, 6.07) is 5.86. The molecule has 0 amide bonds. The molecule has 3 rings (SSSR count). The molecule has 0 unspecified atom stereocenters. The number of nitrogens with one attached hydrogen (secondary N) is 2. The number of methoxy groups -OCH3 is 1. The van der Waals surface area contributed by atoms with Crippen molar-refractivity contribution < 1.29 is 18.9 Å². The number of guanidine groups is 1. The molecule has 0 spiro atoms. The van der Waals surface area contributed by atoms with E-state index in [-0.39, 0.29) is 24.0 Å². The molecule has 2 N–H and O–H groups in total. The van der Waals surface area contributed by atoms with Crippen molar-refractivity contribution in [1.82, 2.24) is 5.32 Å². The summed E-state index contributed by atoms with van der Waals surface area (Å²) in [5, 5.41) is 6.62. The Kier molecular flexibility index (Phi) is 10.7. The fraction of sp³-hybridized carbons (Fsp3) is 0.650. The third-order valence-electron chi connectivity index (χ3n) is 4.38. The van der Waals surface area contributed by atoms with Crippen LogP contribution in [0.3, 0.4) is 0 Å². The van der Waals surface area contributed by atoms with Crippen LogP contribution in [0.4, 0.5) is 5.69 Å². The third kappa shape index (κ3) is 8.40. The van der Waals surface area contributed by atoms with Gasteiger partial charge in [0.25, 0.3) is 0 Å². The van der Waals surface area contributed by atoms with Gasteiger partial charge in [0.05, 0.1) is 19.8 Å². The van der Waals surface area contributed by atoms with Crippen molar-refractivity contribution in [3.05, 3.63) is 18.2 Å². The highest BCUT2D eigenvalue weighted by atomic mass is 127. The van der Waals surface area contributed by atoms with Crippen molar-refractivity contribution in [1.29, 1.82) is 0 Å². The molecule has 0 radical (unpaired) electrons. The molecule has 0 bridgehead atoms. The van der Waals surface area contributed by atoms with Crippen LogP contribution >= 0.6 is 24.0 Å². The molecule has 8 heteroatoms. The summed E-state index contributed by atoms with van der Waals surface area (Å²) in [6.07, 6.45) is 4.45. The maximum atomic E-state index is 5.76. The van der Waals surface area contributed by atoms with E-state index in [9.17, 15) is 0 Å². The van der Waals surface area contributed by atoms with Crippen LogP contribution in [0, 0.1) is 5.92 Å². The average Bonchev–Trinajstić information content (AvgIpc) is 3.51. The molecule has 1 aliphatic carbocycles. The van der Waals surface area contributed by atoms with Gasteiger partial charge in [0, 0.05) is 51.6 Å². The molecule has 1 heterocycles. The predicted molar refractivity (Wildman–Crippen MR) is 121 cm³/mol. The summed E-state index contributed by atoms with van der Waals surface area (Å²) >= 11 is 0. The lowest BCUT2D eigenvalue weighted by Crippen LogP contribution is -2.33. The molecule has 1 aliphatic heterocycles. The van der Waals surface area contributed by atoms with Gasteiger partial charge in [-0.05, 0) is 37.3 Å². The predicted octanol–water partition coefficient (Wildman–Crippen LogP) is 3.29. The molecule has 1 saturated carbocycles. The molecule has 1 aromatic carbocycles. The zero-order valence-electron chi connectivity index (χ0n) is 16.6. The summed E-state index contributed by atoms with van der Waals surface area (Å²) in [5.74, 6) is 3.09. The van der Waals surface area contributed by atoms with E-state index in [2.05, 4.69) is 15.6 Å². The monoisotopic (exact) mass is 505 g/mol. The van der Waals surface area contributed by atoms with E-state index in [0.29, 0.717) is 32.9 Å². The minimum absolute atomic E-state index is 0. The first-order chi connectivity index (χ1) is 13.3. The van der Waals surface area contributed by atoms with E-state index in [0.717, 1.165) is 55.1 Å². The summed E-state index contributed by atoms with van der Waals surface area (Å²) in [6.45, 7) is 5.03. The number of nitrogens with zero attached hydrogens (tertiary/aromatic N) is 1. The second kappa shape index (κ2) is 13.1. The quantitative estimate of drug-likeness (QED) is 0.220. The highest BCUT2D eigenvalue weighted by Gasteiger charge is 2.20. The van der Waals surface area contributed by atoms with Crippen LogP contribution < -0.4 is 20.1 Å². The van der Waals surface area contributed by atoms with Crippen molar-refractivity contribution in [2.75, 3.05) is 58.6 Å². The van der Waals surface area contributed by atoms with Crippen LogP contribution in [0.15, 0.2) is 23.2 Å². The second-order valence-electron chi connectivity index (χ2n) is 6.86. The average molecular weight is 505 g/mol. The Morgan fingerprint density at radius 3 is 2.79 bits per heavy atom.